The molecule has 0 saturated carbocycles. The van der Waals surface area contributed by atoms with Crippen LogP contribution in [0.3, 0.4) is 0 Å². The first-order valence-corrected chi connectivity index (χ1v) is 20.4. The minimum Gasteiger partial charge on any atom is -0.456 e. The maximum Gasteiger partial charge on any atom is 0.169 e. The molecule has 2 N–H and O–H groups in total. The van der Waals surface area contributed by atoms with E-state index >= 15 is 0 Å². The zero-order chi connectivity index (χ0) is 42.3. The van der Waals surface area contributed by atoms with Crippen LogP contribution < -0.4 is 5.73 Å². The third kappa shape index (κ3) is 6.86. The van der Waals surface area contributed by atoms with Crippen LogP contribution in [-0.2, 0) is 6.42 Å². The maximum atomic E-state index is 6.41. The van der Waals surface area contributed by atoms with Crippen LogP contribution in [0.2, 0.25) is 0 Å². The van der Waals surface area contributed by atoms with Crippen LogP contribution in [0.15, 0.2) is 186 Å². The lowest BCUT2D eigenvalue weighted by Crippen LogP contribution is -2.01. The molecule has 12 aromatic rings. The van der Waals surface area contributed by atoms with Gasteiger partial charge in [0.1, 0.15) is 46.6 Å². The second-order valence-electron chi connectivity index (χ2n) is 14.9. The Labute approximate surface area is 360 Å². The molecular weight excluding hydrogens is 785 g/mol. The topological polar surface area (TPSA) is 152 Å². The Morgan fingerprint density at radius 3 is 1.40 bits per heavy atom. The van der Waals surface area contributed by atoms with Gasteiger partial charge in [-0.1, -0.05) is 36.4 Å². The van der Waals surface area contributed by atoms with Crippen LogP contribution in [0.5, 0.6) is 0 Å². The van der Waals surface area contributed by atoms with Gasteiger partial charge in [-0.2, -0.15) is 0 Å². The highest BCUT2D eigenvalue weighted by Gasteiger charge is 2.19. The summed E-state index contributed by atoms with van der Waals surface area (Å²) in [4.78, 5) is 13.7. The fraction of sp³-hybridized carbons (Fsp3) is 0.0392. The summed E-state index contributed by atoms with van der Waals surface area (Å²) in [6.07, 6.45) is 9.43. The van der Waals surface area contributed by atoms with E-state index < -0.39 is 0 Å². The van der Waals surface area contributed by atoms with Gasteiger partial charge in [0.2, 0.25) is 0 Å². The molecule has 0 aliphatic carbocycles. The molecule has 0 spiro atoms. The Bertz CT molecular complexity index is 3480. The van der Waals surface area contributed by atoms with Gasteiger partial charge < -0.3 is 14.6 Å². The number of aromatic nitrogens is 9. The van der Waals surface area contributed by atoms with E-state index in [9.17, 15) is 0 Å². The van der Waals surface area contributed by atoms with Crippen molar-refractivity contribution in [1.29, 1.82) is 0 Å². The third-order valence-electron chi connectivity index (χ3n) is 11.1. The van der Waals surface area contributed by atoms with Crippen molar-refractivity contribution < 1.29 is 8.83 Å². The minimum absolute atomic E-state index is 0.639. The molecule has 0 fully saturated rings. The molecule has 12 rings (SSSR count). The van der Waals surface area contributed by atoms with Crippen LogP contribution in [-0.4, -0.2) is 51.5 Å². The van der Waals surface area contributed by atoms with E-state index in [1.165, 1.54) is 18.2 Å². The lowest BCUT2D eigenvalue weighted by molar-refractivity contribution is 0.668. The number of nitrogens with zero attached hydrogens (tertiary/aromatic N) is 9. The summed E-state index contributed by atoms with van der Waals surface area (Å²) in [5.41, 5.74) is 15.8. The van der Waals surface area contributed by atoms with Crippen molar-refractivity contribution in [2.24, 2.45) is 5.73 Å². The first-order chi connectivity index (χ1) is 31.2. The first-order valence-electron chi connectivity index (χ1n) is 20.4. The van der Waals surface area contributed by atoms with Crippen molar-refractivity contribution in [3.63, 3.8) is 0 Å². The predicted molar refractivity (Wildman–Crippen MR) is 245 cm³/mol. The number of pyridine rings is 3. The summed E-state index contributed by atoms with van der Waals surface area (Å²) in [6.45, 7) is 0. The molecule has 0 saturated heterocycles. The van der Waals surface area contributed by atoms with E-state index in [2.05, 4.69) is 120 Å². The number of nitrogens with two attached hydrogens (primary N) is 1. The molecule has 12 nitrogen and oxygen atoms in total. The highest BCUT2D eigenvalue weighted by molar-refractivity contribution is 6.08. The summed E-state index contributed by atoms with van der Waals surface area (Å²) in [7, 11) is 1.50. The SMILES string of the molecule is CN.c1ccc(-c2ccc3oc4ccc(Cc5ccc6oc7ccc(-c8cc(-c9nncn9-c9ccccn9)cc(-c9nncn9-c9ccccn9)c8)cc7c6c5)cc4c3c2)nc1. The summed E-state index contributed by atoms with van der Waals surface area (Å²) in [5, 5.41) is 21.9. The van der Waals surface area contributed by atoms with Crippen molar-refractivity contribution in [3.8, 4) is 56.8 Å². The zero-order valence-corrected chi connectivity index (χ0v) is 33.9. The summed E-state index contributed by atoms with van der Waals surface area (Å²) >= 11 is 0. The highest BCUT2D eigenvalue weighted by atomic mass is 16.3. The summed E-state index contributed by atoms with van der Waals surface area (Å²) in [6, 6.07) is 49.3. The van der Waals surface area contributed by atoms with E-state index in [1.807, 2.05) is 82.1 Å². The van der Waals surface area contributed by atoms with Crippen molar-refractivity contribution in [2.45, 2.75) is 6.42 Å². The van der Waals surface area contributed by atoms with Crippen LogP contribution in [0.1, 0.15) is 11.1 Å². The first kappa shape index (κ1) is 37.4. The van der Waals surface area contributed by atoms with Crippen LogP contribution in [0.25, 0.3) is 101 Å². The molecule has 7 heterocycles. The largest absolute Gasteiger partial charge is 0.456 e. The molecule has 0 radical (unpaired) electrons. The van der Waals surface area contributed by atoms with Gasteiger partial charge in [-0.25, -0.2) is 9.97 Å². The van der Waals surface area contributed by atoms with Gasteiger partial charge in [-0.3, -0.25) is 14.1 Å². The highest BCUT2D eigenvalue weighted by Crippen LogP contribution is 2.38. The smallest absolute Gasteiger partial charge is 0.169 e. The zero-order valence-electron chi connectivity index (χ0n) is 33.9. The Kier molecular flexibility index (Phi) is 9.36. The van der Waals surface area contributed by atoms with Crippen molar-refractivity contribution in [3.05, 3.63) is 188 Å². The van der Waals surface area contributed by atoms with Gasteiger partial charge in [0.15, 0.2) is 11.6 Å². The van der Waals surface area contributed by atoms with Crippen LogP contribution >= 0.6 is 0 Å². The Balaban J connectivity index is 0.00000219. The molecule has 63 heavy (non-hydrogen) atoms. The molecule has 0 amide bonds. The van der Waals surface area contributed by atoms with E-state index in [4.69, 9.17) is 8.83 Å². The van der Waals surface area contributed by atoms with Gasteiger partial charge in [0.25, 0.3) is 0 Å². The lowest BCUT2D eigenvalue weighted by Gasteiger charge is -2.12. The number of fused-ring (bicyclic) bond motifs is 6. The van der Waals surface area contributed by atoms with Crippen molar-refractivity contribution in [2.75, 3.05) is 7.05 Å². The van der Waals surface area contributed by atoms with Gasteiger partial charge in [-0.05, 0) is 145 Å². The Hall–Kier alpha value is -8.61. The molecule has 0 atom stereocenters. The molecule has 5 aromatic carbocycles. The van der Waals surface area contributed by atoms with Crippen molar-refractivity contribution in [1.82, 2.24) is 44.5 Å². The molecule has 0 bridgehead atoms. The quantitative estimate of drug-likeness (QED) is 0.157. The maximum absolute atomic E-state index is 6.41. The lowest BCUT2D eigenvalue weighted by atomic mass is 9.96. The van der Waals surface area contributed by atoms with E-state index in [1.54, 1.807) is 25.0 Å². The number of hydrogen-bond donors (Lipinski definition) is 1. The molecule has 7 aromatic heterocycles. The molecule has 0 aliphatic rings. The second kappa shape index (κ2) is 15.8. The third-order valence-corrected chi connectivity index (χ3v) is 11.1. The summed E-state index contributed by atoms with van der Waals surface area (Å²) < 4.78 is 16.4. The standard InChI is InChI=1S/C50H31N9O2.CH5N/c1-4-18-51-42(7-1)34-13-17-46-41(28-34)39-23-32(11-15-44(39)61-46)21-31-10-14-43-38(22-31)40-27-33(12-16-45(40)60-43)35-24-36(49-56-54-29-58(49)47-8-2-5-19-52-47)26-37(25-35)50-57-55-30-59(50)48-9-3-6-20-53-48;1-2/h1-20,22-30H,21H2;2H2,1H3. The predicted octanol–water partition coefficient (Wildman–Crippen LogP) is 10.7. The number of hydrogen-bond acceptors (Lipinski definition) is 10. The summed E-state index contributed by atoms with van der Waals surface area (Å²) in [5.74, 6) is 2.70. The van der Waals surface area contributed by atoms with Gasteiger partial charge in [0, 0.05) is 56.8 Å². The van der Waals surface area contributed by atoms with Crippen LogP contribution in [0.4, 0.5) is 0 Å². The van der Waals surface area contributed by atoms with Gasteiger partial charge >= 0.3 is 0 Å². The molecule has 0 aliphatic heterocycles. The van der Waals surface area contributed by atoms with Gasteiger partial charge in [0.05, 0.1) is 5.69 Å². The average Bonchev–Trinajstić information content (AvgIpc) is 4.18. The minimum atomic E-state index is 0.639. The molecular formula is C51H36N10O2. The van der Waals surface area contributed by atoms with Gasteiger partial charge in [-0.15, -0.1) is 20.4 Å². The van der Waals surface area contributed by atoms with E-state index in [-0.39, 0.29) is 0 Å². The monoisotopic (exact) mass is 820 g/mol. The van der Waals surface area contributed by atoms with Crippen LogP contribution in [0, 0.1) is 0 Å². The van der Waals surface area contributed by atoms with E-state index in [0.717, 1.165) is 83.8 Å². The number of benzene rings is 5. The second-order valence-corrected chi connectivity index (χ2v) is 14.9. The van der Waals surface area contributed by atoms with E-state index in [0.29, 0.717) is 23.3 Å². The normalized spacial score (nSPS) is 11.4. The number of rotatable bonds is 8. The fourth-order valence-corrected chi connectivity index (χ4v) is 8.22. The Morgan fingerprint density at radius 1 is 0.429 bits per heavy atom. The molecule has 0 unspecified atom stereocenters. The molecule has 302 valence electrons. The van der Waals surface area contributed by atoms with Crippen molar-refractivity contribution >= 4 is 43.9 Å². The Morgan fingerprint density at radius 2 is 0.889 bits per heavy atom. The number of furan rings is 2. The fourth-order valence-electron chi connectivity index (χ4n) is 8.22. The molecule has 12 heteroatoms. The average molecular weight is 821 g/mol.